The van der Waals surface area contributed by atoms with Crippen LogP contribution in [0.2, 0.25) is 10.0 Å². The average Bonchev–Trinajstić information content (AvgIpc) is 2.85. The van der Waals surface area contributed by atoms with Gasteiger partial charge in [-0.3, -0.25) is 19.8 Å². The predicted octanol–water partition coefficient (Wildman–Crippen LogP) is 7.13. The molecule has 1 aliphatic carbocycles. The first kappa shape index (κ1) is 21.6. The van der Waals surface area contributed by atoms with Gasteiger partial charge in [-0.05, 0) is 29.3 Å². The normalized spacial score (nSPS) is 17.4. The van der Waals surface area contributed by atoms with Gasteiger partial charge in [-0.1, -0.05) is 71.7 Å². The Morgan fingerprint density at radius 2 is 1.43 bits per heavy atom. The highest BCUT2D eigenvalue weighted by Gasteiger charge is 2.43. The Morgan fingerprint density at radius 3 is 2.00 bits per heavy atom. The minimum Gasteiger partial charge on any atom is -0.479 e. The molecular formula is C27H16Cl2N2O4. The van der Waals surface area contributed by atoms with Gasteiger partial charge in [0.2, 0.25) is 0 Å². The third-order valence-electron chi connectivity index (χ3n) is 6.43. The molecule has 0 unspecified atom stereocenters. The van der Waals surface area contributed by atoms with Gasteiger partial charge in [0.1, 0.15) is 17.5 Å². The highest BCUT2D eigenvalue weighted by Crippen LogP contribution is 2.54. The van der Waals surface area contributed by atoms with E-state index in [1.807, 2.05) is 48.5 Å². The number of carbonyl (C=O) groups is 1. The van der Waals surface area contributed by atoms with Crippen LogP contribution in [0.1, 0.15) is 44.8 Å². The molecule has 8 heteroatoms. The third-order valence-corrected chi connectivity index (χ3v) is 6.93. The lowest BCUT2D eigenvalue weighted by Gasteiger charge is -2.43. The van der Waals surface area contributed by atoms with Crippen molar-refractivity contribution in [2.24, 2.45) is 0 Å². The van der Waals surface area contributed by atoms with Gasteiger partial charge in [0.25, 0.3) is 11.6 Å². The van der Waals surface area contributed by atoms with Gasteiger partial charge in [0, 0.05) is 39.9 Å². The number of non-ortho nitro benzene ring substituents is 1. The molecule has 4 aromatic carbocycles. The zero-order valence-corrected chi connectivity index (χ0v) is 19.5. The summed E-state index contributed by atoms with van der Waals surface area (Å²) in [7, 11) is 0. The van der Waals surface area contributed by atoms with Crippen LogP contribution in [0.4, 0.5) is 11.4 Å². The first-order valence-electron chi connectivity index (χ1n) is 10.9. The van der Waals surface area contributed by atoms with Crippen molar-refractivity contribution in [3.8, 4) is 5.75 Å². The summed E-state index contributed by atoms with van der Waals surface area (Å²) in [5.41, 5.74) is 4.31. The van der Waals surface area contributed by atoms with Crippen molar-refractivity contribution in [2.45, 2.75) is 12.1 Å². The Hall–Kier alpha value is -3.87. The minimum absolute atomic E-state index is 0.0982. The number of ether oxygens (including phenoxy) is 1. The van der Waals surface area contributed by atoms with Crippen molar-refractivity contribution in [2.75, 3.05) is 4.90 Å². The van der Waals surface area contributed by atoms with Crippen molar-refractivity contribution >= 4 is 40.5 Å². The molecule has 2 aliphatic heterocycles. The second-order valence-electron chi connectivity index (χ2n) is 8.37. The van der Waals surface area contributed by atoms with E-state index in [1.165, 1.54) is 24.3 Å². The van der Waals surface area contributed by atoms with E-state index in [-0.39, 0.29) is 22.2 Å². The highest BCUT2D eigenvalue weighted by molar-refractivity contribution is 6.37. The molecule has 35 heavy (non-hydrogen) atoms. The van der Waals surface area contributed by atoms with Crippen LogP contribution in [0.25, 0.3) is 0 Å². The van der Waals surface area contributed by atoms with Crippen LogP contribution < -0.4 is 9.64 Å². The molecule has 7 rings (SSSR count). The number of hydrogen-bond acceptors (Lipinski definition) is 4. The summed E-state index contributed by atoms with van der Waals surface area (Å²) in [6.07, 6.45) is -0.399. The van der Waals surface area contributed by atoms with Gasteiger partial charge < -0.3 is 4.74 Å². The van der Waals surface area contributed by atoms with E-state index in [0.29, 0.717) is 16.5 Å². The average molecular weight is 503 g/mol. The molecule has 0 N–H and O–H groups in total. The summed E-state index contributed by atoms with van der Waals surface area (Å²) in [6, 6.07) is 24.0. The van der Waals surface area contributed by atoms with Crippen LogP contribution in [0.15, 0.2) is 84.9 Å². The number of amides is 1. The fourth-order valence-electron chi connectivity index (χ4n) is 4.94. The van der Waals surface area contributed by atoms with Crippen molar-refractivity contribution in [3.05, 3.63) is 133 Å². The molecule has 6 nitrogen and oxygen atoms in total. The monoisotopic (exact) mass is 502 g/mol. The number of nitrogens with zero attached hydrogens (tertiary/aromatic N) is 2. The van der Waals surface area contributed by atoms with Gasteiger partial charge in [0.05, 0.1) is 16.0 Å². The molecule has 0 saturated heterocycles. The van der Waals surface area contributed by atoms with Gasteiger partial charge in [-0.2, -0.15) is 0 Å². The van der Waals surface area contributed by atoms with E-state index in [1.54, 1.807) is 17.0 Å². The van der Waals surface area contributed by atoms with E-state index >= 15 is 0 Å². The molecule has 1 amide bonds. The first-order valence-corrected chi connectivity index (χ1v) is 11.6. The van der Waals surface area contributed by atoms with Gasteiger partial charge in [0.15, 0.2) is 0 Å². The molecule has 0 aromatic heterocycles. The largest absolute Gasteiger partial charge is 0.479 e. The second-order valence-corrected chi connectivity index (χ2v) is 9.22. The topological polar surface area (TPSA) is 72.7 Å². The minimum atomic E-state index is -0.500. The Labute approximate surface area is 210 Å². The molecule has 0 fully saturated rings. The van der Waals surface area contributed by atoms with Crippen molar-refractivity contribution in [1.82, 2.24) is 0 Å². The third kappa shape index (κ3) is 3.37. The lowest BCUT2D eigenvalue weighted by atomic mass is 9.78. The molecular weight excluding hydrogens is 487 g/mol. The molecule has 0 spiro atoms. The number of halogens is 2. The zero-order valence-electron chi connectivity index (χ0n) is 18.0. The maximum absolute atomic E-state index is 14.2. The number of hydrogen-bond donors (Lipinski definition) is 0. The van der Waals surface area contributed by atoms with Crippen LogP contribution >= 0.6 is 23.2 Å². The summed E-state index contributed by atoms with van der Waals surface area (Å²) in [6.45, 7) is 0. The number of benzene rings is 4. The lowest BCUT2D eigenvalue weighted by Crippen LogP contribution is -2.41. The fraction of sp³-hybridized carbons (Fsp3) is 0.0741. The zero-order chi connectivity index (χ0) is 24.3. The van der Waals surface area contributed by atoms with Crippen molar-refractivity contribution in [3.63, 3.8) is 0 Å². The number of anilines is 1. The van der Waals surface area contributed by atoms with Gasteiger partial charge in [-0.25, -0.2) is 0 Å². The smallest absolute Gasteiger partial charge is 0.269 e. The quantitative estimate of drug-likeness (QED) is 0.215. The summed E-state index contributed by atoms with van der Waals surface area (Å²) in [5, 5.41) is 11.8. The van der Waals surface area contributed by atoms with Crippen LogP contribution in [0, 0.1) is 10.1 Å². The number of rotatable bonds is 2. The summed E-state index contributed by atoms with van der Waals surface area (Å²) >= 11 is 13.0. The van der Waals surface area contributed by atoms with Crippen LogP contribution in [0.5, 0.6) is 5.75 Å². The maximum Gasteiger partial charge on any atom is 0.269 e. The standard InChI is InChI=1S/C27H16Cl2N2O4/c28-16-13-22(29)25-23(14-16)35-26-20-7-3-1-5-18(20)24(19-6-2-4-8-21(19)26)30(25)27(32)15-9-11-17(12-10-15)31(33)34/h1-14,24,26H. The Kier molecular flexibility index (Phi) is 5.02. The summed E-state index contributed by atoms with van der Waals surface area (Å²) in [5.74, 6) is 0.0145. The molecule has 172 valence electrons. The van der Waals surface area contributed by atoms with Crippen LogP contribution in [-0.2, 0) is 0 Å². The highest BCUT2D eigenvalue weighted by atomic mass is 35.5. The molecule has 0 saturated carbocycles. The predicted molar refractivity (Wildman–Crippen MR) is 134 cm³/mol. The number of nitro groups is 1. The molecule has 0 atom stereocenters. The van der Waals surface area contributed by atoms with Gasteiger partial charge in [-0.15, -0.1) is 0 Å². The van der Waals surface area contributed by atoms with Crippen LogP contribution in [-0.4, -0.2) is 10.8 Å². The number of carbonyl (C=O) groups excluding carboxylic acids is 1. The van der Waals surface area contributed by atoms with Crippen molar-refractivity contribution in [1.29, 1.82) is 0 Å². The molecule has 2 bridgehead atoms. The fourth-order valence-corrected chi connectivity index (χ4v) is 5.51. The Bertz CT molecular complexity index is 1470. The van der Waals surface area contributed by atoms with Crippen molar-refractivity contribution < 1.29 is 14.5 Å². The first-order chi connectivity index (χ1) is 16.9. The number of nitro benzene ring substituents is 1. The second kappa shape index (κ2) is 8.12. The molecule has 3 aliphatic rings. The molecule has 2 heterocycles. The van der Waals surface area contributed by atoms with Crippen LogP contribution in [0.3, 0.4) is 0 Å². The van der Waals surface area contributed by atoms with E-state index in [9.17, 15) is 14.9 Å². The Morgan fingerprint density at radius 1 is 0.857 bits per heavy atom. The summed E-state index contributed by atoms with van der Waals surface area (Å²) in [4.78, 5) is 26.4. The summed E-state index contributed by atoms with van der Waals surface area (Å²) < 4.78 is 6.55. The van der Waals surface area contributed by atoms with E-state index in [2.05, 4.69) is 0 Å². The van der Waals surface area contributed by atoms with E-state index in [4.69, 9.17) is 27.9 Å². The Balaban J connectivity index is 1.64. The van der Waals surface area contributed by atoms with E-state index in [0.717, 1.165) is 22.3 Å². The lowest BCUT2D eigenvalue weighted by molar-refractivity contribution is -0.384. The van der Waals surface area contributed by atoms with E-state index < -0.39 is 17.1 Å². The maximum atomic E-state index is 14.2. The SMILES string of the molecule is O=C(c1ccc([N+](=O)[O-])cc1)N1c2c(Cl)cc(Cl)cc2OC2c3ccccc3C1c1ccccc12. The van der Waals surface area contributed by atoms with Gasteiger partial charge >= 0.3 is 0 Å². The molecule has 4 aromatic rings. The molecule has 0 radical (unpaired) electrons.